The molecule has 0 unspecified atom stereocenters. The average molecular weight is 448 g/mol. The van der Waals surface area contributed by atoms with E-state index in [2.05, 4.69) is 5.32 Å². The van der Waals surface area contributed by atoms with Gasteiger partial charge in [0.2, 0.25) is 15.9 Å². The van der Waals surface area contributed by atoms with E-state index in [0.29, 0.717) is 10.7 Å². The van der Waals surface area contributed by atoms with Crippen LogP contribution in [-0.2, 0) is 14.8 Å². The Morgan fingerprint density at radius 2 is 1.83 bits per heavy atom. The lowest BCUT2D eigenvalue weighted by atomic mass is 10.3. The lowest BCUT2D eigenvalue weighted by molar-refractivity contribution is -0.116. The van der Waals surface area contributed by atoms with Gasteiger partial charge in [0, 0.05) is 12.7 Å². The smallest absolute Gasteiger partial charge is 0.245 e. The first-order valence-corrected chi connectivity index (χ1v) is 10.0. The van der Waals surface area contributed by atoms with Crippen molar-refractivity contribution in [2.24, 2.45) is 0 Å². The number of benzene rings is 1. The summed E-state index contributed by atoms with van der Waals surface area (Å²) in [6, 6.07) is 5.78. The Morgan fingerprint density at radius 1 is 1.17 bits per heavy atom. The Bertz CT molecular complexity index is 883. The highest BCUT2D eigenvalue weighted by atomic mass is 35.5. The molecule has 0 bridgehead atoms. The maximum atomic E-state index is 12.4. The number of thiophene rings is 1. The second-order valence-corrected chi connectivity index (χ2v) is 9.74. The SMILES string of the molecule is CN(CC(=O)Nc1ccc(Cl)c(Cl)c1)S(=O)(=O)c1cc(Cl)sc1Cl. The van der Waals surface area contributed by atoms with E-state index in [-0.39, 0.29) is 18.6 Å². The van der Waals surface area contributed by atoms with E-state index in [9.17, 15) is 13.2 Å². The molecule has 24 heavy (non-hydrogen) atoms. The van der Waals surface area contributed by atoms with Gasteiger partial charge < -0.3 is 5.32 Å². The number of likely N-dealkylation sites (N-methyl/N-ethyl adjacent to an activating group) is 1. The van der Waals surface area contributed by atoms with Gasteiger partial charge in [-0.3, -0.25) is 4.79 Å². The van der Waals surface area contributed by atoms with Gasteiger partial charge in [0.05, 0.1) is 20.9 Å². The predicted octanol–water partition coefficient (Wildman–Crippen LogP) is 4.62. The van der Waals surface area contributed by atoms with Crippen LogP contribution >= 0.6 is 57.7 Å². The molecule has 130 valence electrons. The van der Waals surface area contributed by atoms with E-state index in [4.69, 9.17) is 46.4 Å². The molecular weight excluding hydrogens is 438 g/mol. The first kappa shape index (κ1) is 19.8. The standard InChI is InChI=1S/C13H10Cl4N2O3S2/c1-19(24(21,22)10-5-11(16)23-13(10)17)6-12(20)18-7-2-3-8(14)9(15)4-7/h2-5H,6H2,1H3,(H,18,20). The molecule has 0 spiro atoms. The van der Waals surface area contributed by atoms with Gasteiger partial charge in [-0.15, -0.1) is 11.3 Å². The van der Waals surface area contributed by atoms with Gasteiger partial charge >= 0.3 is 0 Å². The van der Waals surface area contributed by atoms with Gasteiger partial charge in [-0.1, -0.05) is 46.4 Å². The van der Waals surface area contributed by atoms with Crippen LogP contribution in [0.15, 0.2) is 29.2 Å². The van der Waals surface area contributed by atoms with Gasteiger partial charge in [-0.2, -0.15) is 4.31 Å². The summed E-state index contributed by atoms with van der Waals surface area (Å²) in [4.78, 5) is 11.9. The Hall–Kier alpha value is -0.540. The molecule has 2 rings (SSSR count). The van der Waals surface area contributed by atoms with Crippen LogP contribution in [0.3, 0.4) is 0 Å². The maximum Gasteiger partial charge on any atom is 0.245 e. The van der Waals surface area contributed by atoms with Gasteiger partial charge in [0.25, 0.3) is 0 Å². The van der Waals surface area contributed by atoms with E-state index in [1.54, 1.807) is 6.07 Å². The number of amides is 1. The Labute approximate surface area is 163 Å². The number of halogens is 4. The quantitative estimate of drug-likeness (QED) is 0.726. The molecule has 0 saturated heterocycles. The molecular formula is C13H10Cl4N2O3S2. The lowest BCUT2D eigenvalue weighted by Crippen LogP contribution is -2.34. The molecule has 1 amide bonds. The number of hydrogen-bond acceptors (Lipinski definition) is 4. The number of nitrogens with zero attached hydrogens (tertiary/aromatic N) is 1. The highest BCUT2D eigenvalue weighted by Crippen LogP contribution is 2.35. The molecule has 5 nitrogen and oxygen atoms in total. The van der Waals surface area contributed by atoms with Crippen LogP contribution in [0.1, 0.15) is 0 Å². The van der Waals surface area contributed by atoms with Crippen molar-refractivity contribution in [1.82, 2.24) is 4.31 Å². The zero-order chi connectivity index (χ0) is 18.1. The van der Waals surface area contributed by atoms with Crippen LogP contribution in [0.2, 0.25) is 18.7 Å². The molecule has 0 fully saturated rings. The fourth-order valence-electron chi connectivity index (χ4n) is 1.73. The van der Waals surface area contributed by atoms with E-state index >= 15 is 0 Å². The summed E-state index contributed by atoms with van der Waals surface area (Å²) in [5, 5.41) is 3.16. The molecule has 0 radical (unpaired) electrons. The molecule has 2 aromatic rings. The van der Waals surface area contributed by atoms with Crippen LogP contribution in [0.25, 0.3) is 0 Å². The van der Waals surface area contributed by atoms with Crippen LogP contribution in [0.5, 0.6) is 0 Å². The van der Waals surface area contributed by atoms with Crippen molar-refractivity contribution < 1.29 is 13.2 Å². The second kappa shape index (κ2) is 7.78. The number of rotatable bonds is 5. The number of nitrogens with one attached hydrogen (secondary N) is 1. The monoisotopic (exact) mass is 446 g/mol. The van der Waals surface area contributed by atoms with Crippen LogP contribution in [0, 0.1) is 0 Å². The number of carbonyl (C=O) groups is 1. The fourth-order valence-corrected chi connectivity index (χ4v) is 5.26. The van der Waals surface area contributed by atoms with Gasteiger partial charge in [-0.05, 0) is 24.3 Å². The largest absolute Gasteiger partial charge is 0.325 e. The Balaban J connectivity index is 2.10. The number of carbonyl (C=O) groups excluding carboxylic acids is 1. The summed E-state index contributed by atoms with van der Waals surface area (Å²) >= 11 is 24.2. The summed E-state index contributed by atoms with van der Waals surface area (Å²) < 4.78 is 26.0. The van der Waals surface area contributed by atoms with Crippen molar-refractivity contribution in [3.05, 3.63) is 43.0 Å². The second-order valence-electron chi connectivity index (χ2n) is 4.63. The van der Waals surface area contributed by atoms with Crippen molar-refractivity contribution in [2.45, 2.75) is 4.90 Å². The minimum absolute atomic E-state index is 0.0386. The molecule has 1 N–H and O–H groups in total. The number of hydrogen-bond donors (Lipinski definition) is 1. The van der Waals surface area contributed by atoms with Crippen LogP contribution in [-0.4, -0.2) is 32.2 Å². The minimum Gasteiger partial charge on any atom is -0.325 e. The molecule has 0 atom stereocenters. The summed E-state index contributed by atoms with van der Waals surface area (Å²) in [6.07, 6.45) is 0. The molecule has 1 aromatic heterocycles. The van der Waals surface area contributed by atoms with Gasteiger partial charge in [0.1, 0.15) is 9.23 Å². The molecule has 1 heterocycles. The highest BCUT2D eigenvalue weighted by Gasteiger charge is 2.27. The summed E-state index contributed by atoms with van der Waals surface area (Å²) in [7, 11) is -2.66. The molecule has 0 aliphatic carbocycles. The van der Waals surface area contributed by atoms with Crippen molar-refractivity contribution in [1.29, 1.82) is 0 Å². The van der Waals surface area contributed by atoms with Crippen molar-refractivity contribution in [2.75, 3.05) is 18.9 Å². The molecule has 1 aromatic carbocycles. The zero-order valence-electron chi connectivity index (χ0n) is 12.0. The van der Waals surface area contributed by atoms with Crippen LogP contribution < -0.4 is 5.32 Å². The van der Waals surface area contributed by atoms with E-state index in [1.807, 2.05) is 0 Å². The third kappa shape index (κ3) is 4.54. The first-order chi connectivity index (χ1) is 11.1. The van der Waals surface area contributed by atoms with Crippen molar-refractivity contribution in [3.63, 3.8) is 0 Å². The van der Waals surface area contributed by atoms with E-state index in [1.165, 1.54) is 25.2 Å². The summed E-state index contributed by atoms with van der Waals surface area (Å²) in [5.41, 5.74) is 0.400. The predicted molar refractivity (Wildman–Crippen MR) is 99.2 cm³/mol. The third-order valence-corrected chi connectivity index (χ3v) is 7.18. The normalized spacial score (nSPS) is 11.8. The van der Waals surface area contributed by atoms with Gasteiger partial charge in [-0.25, -0.2) is 8.42 Å². The summed E-state index contributed by atoms with van der Waals surface area (Å²) in [6.45, 7) is -0.410. The van der Waals surface area contributed by atoms with Gasteiger partial charge in [0.15, 0.2) is 0 Å². The zero-order valence-corrected chi connectivity index (χ0v) is 16.7. The molecule has 0 saturated carbocycles. The highest BCUT2D eigenvalue weighted by molar-refractivity contribution is 7.89. The maximum absolute atomic E-state index is 12.4. The Morgan fingerprint density at radius 3 is 2.38 bits per heavy atom. The minimum atomic E-state index is -3.93. The number of sulfonamides is 1. The van der Waals surface area contributed by atoms with E-state index in [0.717, 1.165) is 15.6 Å². The molecule has 0 aliphatic rings. The topological polar surface area (TPSA) is 66.5 Å². The number of anilines is 1. The Kier molecular flexibility index (Phi) is 6.41. The first-order valence-electron chi connectivity index (χ1n) is 6.27. The summed E-state index contributed by atoms with van der Waals surface area (Å²) in [5.74, 6) is -0.545. The molecule has 11 heteroatoms. The third-order valence-electron chi connectivity index (χ3n) is 2.88. The average Bonchev–Trinajstić information content (AvgIpc) is 2.82. The van der Waals surface area contributed by atoms with E-state index < -0.39 is 22.5 Å². The van der Waals surface area contributed by atoms with Crippen molar-refractivity contribution in [3.8, 4) is 0 Å². The van der Waals surface area contributed by atoms with Crippen LogP contribution in [0.4, 0.5) is 5.69 Å². The fraction of sp³-hybridized carbons (Fsp3) is 0.154. The molecule has 0 aliphatic heterocycles. The lowest BCUT2D eigenvalue weighted by Gasteiger charge is -2.16. The van der Waals surface area contributed by atoms with Crippen molar-refractivity contribution >= 4 is 79.4 Å².